The van der Waals surface area contributed by atoms with E-state index in [0.29, 0.717) is 6.04 Å². The summed E-state index contributed by atoms with van der Waals surface area (Å²) in [6.45, 7) is 2.14. The largest absolute Gasteiger partial charge is 0.370 e. The Balaban J connectivity index is 1.82. The molecule has 2 N–H and O–H groups in total. The van der Waals surface area contributed by atoms with Crippen LogP contribution in [0.25, 0.3) is 0 Å². The number of rotatable bonds is 3. The van der Waals surface area contributed by atoms with E-state index < -0.39 is 0 Å². The van der Waals surface area contributed by atoms with Crippen LogP contribution in [-0.4, -0.2) is 51.1 Å². The van der Waals surface area contributed by atoms with Gasteiger partial charge in [-0.1, -0.05) is 6.07 Å². The van der Waals surface area contributed by atoms with Gasteiger partial charge >= 0.3 is 0 Å². The Morgan fingerprint density at radius 3 is 2.90 bits per heavy atom. The van der Waals surface area contributed by atoms with Crippen LogP contribution in [0.3, 0.4) is 0 Å². The van der Waals surface area contributed by atoms with Crippen LogP contribution >= 0.6 is 0 Å². The van der Waals surface area contributed by atoms with Gasteiger partial charge in [0.1, 0.15) is 6.04 Å². The number of amides is 1. The molecular formula is C16H24N4O. The van der Waals surface area contributed by atoms with Gasteiger partial charge in [0.15, 0.2) is 0 Å². The summed E-state index contributed by atoms with van der Waals surface area (Å²) >= 11 is 0. The third-order valence-electron chi connectivity index (χ3n) is 4.65. The van der Waals surface area contributed by atoms with E-state index in [1.807, 2.05) is 7.05 Å². The lowest BCUT2D eigenvalue weighted by molar-refractivity contribution is -0.117. The fraction of sp³-hybridized carbons (Fsp3) is 0.562. The summed E-state index contributed by atoms with van der Waals surface area (Å²) < 4.78 is 0. The molecule has 1 aromatic rings. The van der Waals surface area contributed by atoms with Crippen LogP contribution in [0.2, 0.25) is 0 Å². The van der Waals surface area contributed by atoms with E-state index in [-0.39, 0.29) is 11.9 Å². The molecule has 0 aliphatic carbocycles. The van der Waals surface area contributed by atoms with Crippen LogP contribution in [-0.2, 0) is 4.79 Å². The topological polar surface area (TPSA) is 47.6 Å². The minimum absolute atomic E-state index is 0.0365. The number of fused-ring (bicyclic) bond motifs is 1. The summed E-state index contributed by atoms with van der Waals surface area (Å²) in [6.07, 6.45) is 2.47. The molecule has 2 atom stereocenters. The summed E-state index contributed by atoms with van der Waals surface area (Å²) in [7, 11) is 6.11. The van der Waals surface area contributed by atoms with Crippen molar-refractivity contribution in [3.05, 3.63) is 23.8 Å². The highest BCUT2D eigenvalue weighted by molar-refractivity contribution is 6.03. The number of anilines is 2. The molecule has 0 spiro atoms. The zero-order valence-electron chi connectivity index (χ0n) is 13.0. The Morgan fingerprint density at radius 1 is 1.38 bits per heavy atom. The van der Waals surface area contributed by atoms with E-state index >= 15 is 0 Å². The minimum atomic E-state index is -0.218. The molecule has 1 fully saturated rings. The van der Waals surface area contributed by atoms with Crippen molar-refractivity contribution in [1.29, 1.82) is 0 Å². The highest BCUT2D eigenvalue weighted by Gasteiger charge is 2.30. The van der Waals surface area contributed by atoms with Crippen molar-refractivity contribution in [2.24, 2.45) is 0 Å². The van der Waals surface area contributed by atoms with E-state index in [0.717, 1.165) is 24.3 Å². The van der Waals surface area contributed by atoms with Crippen LogP contribution < -0.4 is 15.5 Å². The first-order chi connectivity index (χ1) is 10.1. The maximum atomic E-state index is 11.9. The summed E-state index contributed by atoms with van der Waals surface area (Å²) in [5.41, 5.74) is 3.20. The lowest BCUT2D eigenvalue weighted by Gasteiger charge is -2.37. The SMILES string of the molecule is CNC1C(=O)Nc2cc(N3CCCC(N(C)C)C3)ccc21. The zero-order valence-corrected chi connectivity index (χ0v) is 13.0. The average molecular weight is 288 g/mol. The molecule has 2 aliphatic rings. The highest BCUT2D eigenvalue weighted by Crippen LogP contribution is 2.34. The molecule has 0 aromatic heterocycles. The lowest BCUT2D eigenvalue weighted by Crippen LogP contribution is -2.45. The first-order valence-electron chi connectivity index (χ1n) is 7.63. The van der Waals surface area contributed by atoms with Gasteiger partial charge in [-0.15, -0.1) is 0 Å². The molecule has 5 heteroatoms. The molecule has 21 heavy (non-hydrogen) atoms. The second-order valence-electron chi connectivity index (χ2n) is 6.19. The van der Waals surface area contributed by atoms with Crippen molar-refractivity contribution < 1.29 is 4.79 Å². The second-order valence-corrected chi connectivity index (χ2v) is 6.19. The lowest BCUT2D eigenvalue weighted by atomic mass is 10.0. The highest BCUT2D eigenvalue weighted by atomic mass is 16.2. The Bertz CT molecular complexity index is 543. The minimum Gasteiger partial charge on any atom is -0.370 e. The number of nitrogens with one attached hydrogen (secondary N) is 2. The van der Waals surface area contributed by atoms with Gasteiger partial charge in [0.25, 0.3) is 0 Å². The van der Waals surface area contributed by atoms with Crippen molar-refractivity contribution in [2.45, 2.75) is 24.9 Å². The van der Waals surface area contributed by atoms with Crippen LogP contribution in [0.5, 0.6) is 0 Å². The number of benzene rings is 1. The first-order valence-corrected chi connectivity index (χ1v) is 7.63. The van der Waals surface area contributed by atoms with Crippen LogP contribution in [0.4, 0.5) is 11.4 Å². The van der Waals surface area contributed by atoms with Gasteiger partial charge in [-0.05, 0) is 46.1 Å². The van der Waals surface area contributed by atoms with Crippen molar-refractivity contribution in [3.63, 3.8) is 0 Å². The molecule has 0 bridgehead atoms. The molecule has 1 aromatic carbocycles. The van der Waals surface area contributed by atoms with E-state index in [9.17, 15) is 4.79 Å². The van der Waals surface area contributed by atoms with Gasteiger partial charge in [-0.3, -0.25) is 4.79 Å². The monoisotopic (exact) mass is 288 g/mol. The fourth-order valence-corrected chi connectivity index (χ4v) is 3.34. The molecule has 1 amide bonds. The molecule has 0 saturated carbocycles. The number of carbonyl (C=O) groups excluding carboxylic acids is 1. The van der Waals surface area contributed by atoms with E-state index in [2.05, 4.69) is 52.7 Å². The van der Waals surface area contributed by atoms with Crippen LogP contribution in [0, 0.1) is 0 Å². The molecule has 2 heterocycles. The normalized spacial score (nSPS) is 25.1. The van der Waals surface area contributed by atoms with Gasteiger partial charge in [0, 0.05) is 36.1 Å². The van der Waals surface area contributed by atoms with Crippen molar-refractivity contribution >= 4 is 17.3 Å². The van der Waals surface area contributed by atoms with Gasteiger partial charge in [0.2, 0.25) is 5.91 Å². The molecule has 1 saturated heterocycles. The molecule has 5 nitrogen and oxygen atoms in total. The number of piperidine rings is 1. The molecule has 2 unspecified atom stereocenters. The number of carbonyl (C=O) groups is 1. The second kappa shape index (κ2) is 5.66. The van der Waals surface area contributed by atoms with Gasteiger partial charge in [-0.25, -0.2) is 0 Å². The summed E-state index contributed by atoms with van der Waals surface area (Å²) in [5, 5.41) is 6.03. The van der Waals surface area contributed by atoms with Crippen molar-refractivity contribution in [2.75, 3.05) is 44.4 Å². The van der Waals surface area contributed by atoms with Crippen molar-refractivity contribution in [1.82, 2.24) is 10.2 Å². The molecular weight excluding hydrogens is 264 g/mol. The van der Waals surface area contributed by atoms with Crippen molar-refractivity contribution in [3.8, 4) is 0 Å². The number of likely N-dealkylation sites (N-methyl/N-ethyl adjacent to an activating group) is 2. The predicted molar refractivity (Wildman–Crippen MR) is 85.8 cm³/mol. The summed E-state index contributed by atoms with van der Waals surface area (Å²) in [4.78, 5) is 16.6. The summed E-state index contributed by atoms with van der Waals surface area (Å²) in [5.74, 6) is 0.0365. The molecule has 114 valence electrons. The molecule has 2 aliphatic heterocycles. The molecule has 0 radical (unpaired) electrons. The number of hydrogen-bond donors (Lipinski definition) is 2. The van der Waals surface area contributed by atoms with Gasteiger partial charge in [-0.2, -0.15) is 0 Å². The average Bonchev–Trinajstić information content (AvgIpc) is 2.81. The van der Waals surface area contributed by atoms with Gasteiger partial charge in [0.05, 0.1) is 0 Å². The maximum Gasteiger partial charge on any atom is 0.246 e. The Morgan fingerprint density at radius 2 is 2.19 bits per heavy atom. The van der Waals surface area contributed by atoms with E-state index in [1.54, 1.807) is 0 Å². The molecule has 3 rings (SSSR count). The Hall–Kier alpha value is -1.59. The Kier molecular flexibility index (Phi) is 3.87. The number of hydrogen-bond acceptors (Lipinski definition) is 4. The zero-order chi connectivity index (χ0) is 15.0. The number of nitrogens with zero attached hydrogens (tertiary/aromatic N) is 2. The summed E-state index contributed by atoms with van der Waals surface area (Å²) in [6, 6.07) is 6.71. The maximum absolute atomic E-state index is 11.9. The predicted octanol–water partition coefficient (Wildman–Crippen LogP) is 1.43. The van der Waals surface area contributed by atoms with Gasteiger partial charge < -0.3 is 20.4 Å². The first kappa shape index (κ1) is 14.4. The quantitative estimate of drug-likeness (QED) is 0.883. The smallest absolute Gasteiger partial charge is 0.246 e. The van der Waals surface area contributed by atoms with E-state index in [1.165, 1.54) is 18.5 Å². The third-order valence-corrected chi connectivity index (χ3v) is 4.65. The Labute approximate surface area is 126 Å². The van der Waals surface area contributed by atoms with E-state index in [4.69, 9.17) is 0 Å². The van der Waals surface area contributed by atoms with Crippen LogP contribution in [0.15, 0.2) is 18.2 Å². The fourth-order valence-electron chi connectivity index (χ4n) is 3.34. The third kappa shape index (κ3) is 2.63. The van der Waals surface area contributed by atoms with Crippen LogP contribution in [0.1, 0.15) is 24.4 Å². The standard InChI is InChI=1S/C16H24N4O/c1-17-15-13-7-6-11(9-14(13)18-16(15)21)20-8-4-5-12(10-20)19(2)3/h6-7,9,12,15,17H,4-5,8,10H2,1-3H3,(H,18,21).